The molecule has 0 aliphatic heterocycles. The van der Waals surface area contributed by atoms with E-state index in [1.54, 1.807) is 11.3 Å². The predicted molar refractivity (Wildman–Crippen MR) is 83.5 cm³/mol. The Kier molecular flexibility index (Phi) is 8.34. The van der Waals surface area contributed by atoms with Crippen LogP contribution in [0.3, 0.4) is 0 Å². The highest BCUT2D eigenvalue weighted by Gasteiger charge is 2.04. The van der Waals surface area contributed by atoms with E-state index in [0.29, 0.717) is 13.0 Å². The van der Waals surface area contributed by atoms with Crippen LogP contribution in [0.15, 0.2) is 15.2 Å². The van der Waals surface area contributed by atoms with Gasteiger partial charge in [0, 0.05) is 13.0 Å². The summed E-state index contributed by atoms with van der Waals surface area (Å²) in [7, 11) is 2.14. The summed E-state index contributed by atoms with van der Waals surface area (Å²) in [5.41, 5.74) is 1.35. The Labute approximate surface area is 128 Å². The highest BCUT2D eigenvalue weighted by molar-refractivity contribution is 9.11. The third-order valence-electron chi connectivity index (χ3n) is 2.80. The lowest BCUT2D eigenvalue weighted by atomic mass is 10.2. The van der Waals surface area contributed by atoms with E-state index in [2.05, 4.69) is 39.3 Å². The molecule has 1 rings (SSSR count). The smallest absolute Gasteiger partial charge is 0.305 e. The maximum atomic E-state index is 11.1. The number of hydrogen-bond acceptors (Lipinski definition) is 4. The third-order valence-corrected chi connectivity index (χ3v) is 4.35. The van der Waals surface area contributed by atoms with Crippen LogP contribution in [0.2, 0.25) is 0 Å². The van der Waals surface area contributed by atoms with Crippen molar-refractivity contribution in [2.75, 3.05) is 20.2 Å². The molecule has 108 valence electrons. The molecule has 1 heterocycles. The lowest BCUT2D eigenvalue weighted by Gasteiger charge is -2.15. The molecular weight excluding hydrogens is 326 g/mol. The lowest BCUT2D eigenvalue weighted by Crippen LogP contribution is -2.18. The summed E-state index contributed by atoms with van der Waals surface area (Å²) < 4.78 is 6.08. The van der Waals surface area contributed by atoms with Gasteiger partial charge in [0.2, 0.25) is 0 Å². The highest BCUT2D eigenvalue weighted by Crippen LogP contribution is 2.21. The molecule has 0 atom stereocenters. The minimum atomic E-state index is -0.0704. The molecule has 0 saturated carbocycles. The number of carbonyl (C=O) groups excluding carboxylic acids is 1. The number of unbranched alkanes of at least 4 members (excludes halogenated alkanes) is 2. The SMILES string of the molecule is CCOC(=O)CCCCCN(C)Cc1csc(Br)c1. The van der Waals surface area contributed by atoms with Crippen molar-refractivity contribution in [3.8, 4) is 0 Å². The van der Waals surface area contributed by atoms with Gasteiger partial charge in [0.15, 0.2) is 0 Å². The van der Waals surface area contributed by atoms with Crippen LogP contribution in [0.1, 0.15) is 38.2 Å². The van der Waals surface area contributed by atoms with Crippen molar-refractivity contribution in [2.24, 2.45) is 0 Å². The summed E-state index contributed by atoms with van der Waals surface area (Å²) in [6.07, 6.45) is 3.68. The number of hydrogen-bond donors (Lipinski definition) is 0. The molecule has 1 aromatic heterocycles. The van der Waals surface area contributed by atoms with E-state index < -0.39 is 0 Å². The first kappa shape index (κ1) is 16.7. The standard InChI is InChI=1S/C14H22BrNO2S/c1-3-18-14(17)7-5-4-6-8-16(2)10-12-9-13(15)19-11-12/h9,11H,3-8,10H2,1-2H3. The topological polar surface area (TPSA) is 29.5 Å². The fourth-order valence-corrected chi connectivity index (χ4v) is 3.08. The van der Waals surface area contributed by atoms with Crippen molar-refractivity contribution in [1.82, 2.24) is 4.90 Å². The Hall–Kier alpha value is -0.390. The largest absolute Gasteiger partial charge is 0.466 e. The summed E-state index contributed by atoms with van der Waals surface area (Å²) >= 11 is 5.20. The molecule has 5 heteroatoms. The van der Waals surface area contributed by atoms with Crippen LogP contribution in [-0.2, 0) is 16.1 Å². The van der Waals surface area contributed by atoms with Gasteiger partial charge in [-0.05, 0) is 66.3 Å². The van der Waals surface area contributed by atoms with Gasteiger partial charge in [-0.3, -0.25) is 4.79 Å². The zero-order valence-corrected chi connectivity index (χ0v) is 14.1. The summed E-state index contributed by atoms with van der Waals surface area (Å²) in [5.74, 6) is -0.0704. The lowest BCUT2D eigenvalue weighted by molar-refractivity contribution is -0.143. The second-order valence-corrected chi connectivity index (χ2v) is 6.90. The third kappa shape index (κ3) is 7.70. The number of carbonyl (C=O) groups is 1. The number of halogens is 1. The quantitative estimate of drug-likeness (QED) is 0.498. The average molecular weight is 348 g/mol. The van der Waals surface area contributed by atoms with Crippen LogP contribution in [0.25, 0.3) is 0 Å². The van der Waals surface area contributed by atoms with Crippen LogP contribution in [-0.4, -0.2) is 31.1 Å². The minimum absolute atomic E-state index is 0.0704. The molecule has 0 bridgehead atoms. The van der Waals surface area contributed by atoms with E-state index >= 15 is 0 Å². The monoisotopic (exact) mass is 347 g/mol. The fourth-order valence-electron chi connectivity index (χ4n) is 1.88. The number of rotatable bonds is 9. The molecule has 0 aromatic carbocycles. The predicted octanol–water partition coefficient (Wildman–Crippen LogP) is 4.07. The first-order valence-corrected chi connectivity index (χ1v) is 8.36. The number of ether oxygens (including phenoxy) is 1. The van der Waals surface area contributed by atoms with Gasteiger partial charge in [0.25, 0.3) is 0 Å². The van der Waals surface area contributed by atoms with Gasteiger partial charge in [0.1, 0.15) is 0 Å². The van der Waals surface area contributed by atoms with Crippen molar-refractivity contribution >= 4 is 33.2 Å². The molecule has 0 radical (unpaired) electrons. The summed E-state index contributed by atoms with van der Waals surface area (Å²) in [4.78, 5) is 13.5. The normalized spacial score (nSPS) is 10.9. The Bertz CT molecular complexity index is 381. The Morgan fingerprint density at radius 1 is 1.42 bits per heavy atom. The van der Waals surface area contributed by atoms with Crippen LogP contribution < -0.4 is 0 Å². The van der Waals surface area contributed by atoms with E-state index in [4.69, 9.17) is 4.74 Å². The molecule has 0 unspecified atom stereocenters. The molecule has 0 saturated heterocycles. The zero-order valence-electron chi connectivity index (χ0n) is 11.7. The summed E-state index contributed by atoms with van der Waals surface area (Å²) in [5, 5.41) is 2.18. The second-order valence-electron chi connectivity index (χ2n) is 4.61. The van der Waals surface area contributed by atoms with E-state index in [9.17, 15) is 4.79 Å². The molecular formula is C14H22BrNO2S. The van der Waals surface area contributed by atoms with Crippen molar-refractivity contribution in [3.63, 3.8) is 0 Å². The fraction of sp³-hybridized carbons (Fsp3) is 0.643. The van der Waals surface area contributed by atoms with Gasteiger partial charge in [-0.15, -0.1) is 11.3 Å². The maximum absolute atomic E-state index is 11.1. The van der Waals surface area contributed by atoms with Crippen LogP contribution in [0.4, 0.5) is 0 Å². The van der Waals surface area contributed by atoms with Gasteiger partial charge in [-0.2, -0.15) is 0 Å². The van der Waals surface area contributed by atoms with Gasteiger partial charge >= 0.3 is 5.97 Å². The first-order chi connectivity index (χ1) is 9.11. The van der Waals surface area contributed by atoms with Gasteiger partial charge in [0.05, 0.1) is 10.4 Å². The maximum Gasteiger partial charge on any atom is 0.305 e. The van der Waals surface area contributed by atoms with Crippen LogP contribution in [0, 0.1) is 0 Å². The van der Waals surface area contributed by atoms with Crippen molar-refractivity contribution in [1.29, 1.82) is 0 Å². The van der Waals surface area contributed by atoms with Gasteiger partial charge in [-0.25, -0.2) is 0 Å². The molecule has 0 fully saturated rings. The second kappa shape index (κ2) is 9.50. The summed E-state index contributed by atoms with van der Waals surface area (Å²) in [6.45, 7) is 4.38. The zero-order chi connectivity index (χ0) is 14.1. The Balaban J connectivity index is 2.04. The Morgan fingerprint density at radius 2 is 2.21 bits per heavy atom. The molecule has 3 nitrogen and oxygen atoms in total. The highest BCUT2D eigenvalue weighted by atomic mass is 79.9. The van der Waals surface area contributed by atoms with Crippen molar-refractivity contribution < 1.29 is 9.53 Å². The van der Waals surface area contributed by atoms with E-state index in [1.807, 2.05) is 6.92 Å². The van der Waals surface area contributed by atoms with E-state index in [0.717, 1.165) is 32.4 Å². The first-order valence-electron chi connectivity index (χ1n) is 6.69. The molecule has 0 spiro atoms. The summed E-state index contributed by atoms with van der Waals surface area (Å²) in [6, 6.07) is 2.17. The molecule has 0 aliphatic carbocycles. The number of thiophene rings is 1. The van der Waals surface area contributed by atoms with Gasteiger partial charge in [-0.1, -0.05) is 6.42 Å². The molecule has 1 aromatic rings. The van der Waals surface area contributed by atoms with Crippen molar-refractivity contribution in [3.05, 3.63) is 20.8 Å². The number of nitrogens with zero attached hydrogens (tertiary/aromatic N) is 1. The van der Waals surface area contributed by atoms with Gasteiger partial charge < -0.3 is 9.64 Å². The van der Waals surface area contributed by atoms with Crippen molar-refractivity contribution in [2.45, 2.75) is 39.2 Å². The Morgan fingerprint density at radius 3 is 2.84 bits per heavy atom. The number of esters is 1. The molecule has 0 aliphatic rings. The molecule has 0 amide bonds. The minimum Gasteiger partial charge on any atom is -0.466 e. The average Bonchev–Trinajstić information content (AvgIpc) is 2.74. The van der Waals surface area contributed by atoms with E-state index in [1.165, 1.54) is 9.35 Å². The molecule has 19 heavy (non-hydrogen) atoms. The van der Waals surface area contributed by atoms with Crippen LogP contribution >= 0.6 is 27.3 Å². The van der Waals surface area contributed by atoms with Crippen LogP contribution in [0.5, 0.6) is 0 Å². The van der Waals surface area contributed by atoms with E-state index in [-0.39, 0.29) is 5.97 Å². The molecule has 0 N–H and O–H groups in total.